The number of nitrogens with two attached hydrogens (primary N) is 1. The van der Waals surface area contributed by atoms with Crippen molar-refractivity contribution in [2.24, 2.45) is 11.7 Å². The molecule has 1 saturated carbocycles. The number of halogens is 1. The van der Waals surface area contributed by atoms with Crippen LogP contribution in [0.3, 0.4) is 0 Å². The Kier molecular flexibility index (Phi) is 2.91. The van der Waals surface area contributed by atoms with Crippen LogP contribution in [0.5, 0.6) is 0 Å². The minimum absolute atomic E-state index is 0.0912. The predicted octanol–water partition coefficient (Wildman–Crippen LogP) is 3.46. The fourth-order valence-electron chi connectivity index (χ4n) is 3.30. The fourth-order valence-corrected chi connectivity index (χ4v) is 4.03. The highest BCUT2D eigenvalue weighted by Crippen LogP contribution is 2.41. The monoisotopic (exact) mass is 294 g/mol. The van der Waals surface area contributed by atoms with Gasteiger partial charge in [0.1, 0.15) is 0 Å². The first-order valence-electron chi connectivity index (χ1n) is 6.47. The van der Waals surface area contributed by atoms with Gasteiger partial charge in [0.15, 0.2) is 0 Å². The highest BCUT2D eigenvalue weighted by atomic mass is 79.9. The molecule has 3 rings (SSSR count). The van der Waals surface area contributed by atoms with Crippen LogP contribution in [0.25, 0.3) is 0 Å². The van der Waals surface area contributed by atoms with Gasteiger partial charge in [-0.05, 0) is 49.8 Å². The van der Waals surface area contributed by atoms with E-state index in [-0.39, 0.29) is 6.04 Å². The van der Waals surface area contributed by atoms with Crippen LogP contribution in [0.15, 0.2) is 22.7 Å². The Morgan fingerprint density at radius 2 is 2.24 bits per heavy atom. The molecule has 1 saturated heterocycles. The molecule has 0 aromatic heterocycles. The molecule has 2 fully saturated rings. The Morgan fingerprint density at radius 3 is 2.76 bits per heavy atom. The normalized spacial score (nSPS) is 28.8. The topological polar surface area (TPSA) is 29.3 Å². The summed E-state index contributed by atoms with van der Waals surface area (Å²) in [5.74, 6) is 0.937. The zero-order valence-electron chi connectivity index (χ0n) is 10.2. The molecule has 1 aliphatic carbocycles. The summed E-state index contributed by atoms with van der Waals surface area (Å²) in [7, 11) is 0. The number of anilines is 1. The van der Waals surface area contributed by atoms with E-state index in [1.165, 1.54) is 37.1 Å². The minimum Gasteiger partial charge on any atom is -0.368 e. The number of benzene rings is 1. The van der Waals surface area contributed by atoms with E-state index in [4.69, 9.17) is 5.73 Å². The van der Waals surface area contributed by atoms with E-state index in [1.54, 1.807) is 0 Å². The zero-order valence-corrected chi connectivity index (χ0v) is 11.8. The SMILES string of the molecule is CC(N)c1ccc(N2CC3CCC2C3)cc1Br. The van der Waals surface area contributed by atoms with Gasteiger partial charge in [-0.1, -0.05) is 22.0 Å². The number of piperidine rings is 1. The van der Waals surface area contributed by atoms with Gasteiger partial charge in [-0.2, -0.15) is 0 Å². The van der Waals surface area contributed by atoms with Crippen LogP contribution in [0.4, 0.5) is 5.69 Å². The molecular formula is C14H19BrN2. The molecule has 2 N–H and O–H groups in total. The number of nitrogens with zero attached hydrogens (tertiary/aromatic N) is 1. The summed E-state index contributed by atoms with van der Waals surface area (Å²) in [5, 5.41) is 0. The van der Waals surface area contributed by atoms with Crippen molar-refractivity contribution in [1.29, 1.82) is 0 Å². The van der Waals surface area contributed by atoms with Crippen molar-refractivity contribution in [2.75, 3.05) is 11.4 Å². The molecule has 1 aromatic rings. The highest BCUT2D eigenvalue weighted by molar-refractivity contribution is 9.10. The molecule has 92 valence electrons. The fraction of sp³-hybridized carbons (Fsp3) is 0.571. The second-order valence-electron chi connectivity index (χ2n) is 5.48. The first kappa shape index (κ1) is 11.5. The molecule has 0 radical (unpaired) electrons. The highest BCUT2D eigenvalue weighted by Gasteiger charge is 2.37. The molecule has 1 aliphatic heterocycles. The van der Waals surface area contributed by atoms with Crippen molar-refractivity contribution in [3.8, 4) is 0 Å². The third-order valence-corrected chi connectivity index (χ3v) is 4.90. The maximum atomic E-state index is 5.93. The molecule has 3 atom stereocenters. The van der Waals surface area contributed by atoms with Crippen LogP contribution in [-0.2, 0) is 0 Å². The summed E-state index contributed by atoms with van der Waals surface area (Å²) in [6, 6.07) is 7.50. The van der Waals surface area contributed by atoms with E-state index in [0.29, 0.717) is 0 Å². The lowest BCUT2D eigenvalue weighted by molar-refractivity contribution is 0.553. The van der Waals surface area contributed by atoms with Crippen LogP contribution >= 0.6 is 15.9 Å². The van der Waals surface area contributed by atoms with E-state index in [2.05, 4.69) is 39.0 Å². The molecule has 0 spiro atoms. The Morgan fingerprint density at radius 1 is 1.41 bits per heavy atom. The third kappa shape index (κ3) is 2.00. The van der Waals surface area contributed by atoms with Crippen molar-refractivity contribution in [1.82, 2.24) is 0 Å². The number of hydrogen-bond acceptors (Lipinski definition) is 2. The third-order valence-electron chi connectivity index (χ3n) is 4.22. The molecular weight excluding hydrogens is 276 g/mol. The number of rotatable bonds is 2. The van der Waals surface area contributed by atoms with Crippen molar-refractivity contribution < 1.29 is 0 Å². The van der Waals surface area contributed by atoms with Crippen LogP contribution in [-0.4, -0.2) is 12.6 Å². The van der Waals surface area contributed by atoms with Gasteiger partial charge in [-0.15, -0.1) is 0 Å². The maximum Gasteiger partial charge on any atom is 0.0380 e. The van der Waals surface area contributed by atoms with E-state index < -0.39 is 0 Å². The van der Waals surface area contributed by atoms with Crippen LogP contribution < -0.4 is 10.6 Å². The first-order chi connectivity index (χ1) is 8.15. The van der Waals surface area contributed by atoms with E-state index in [0.717, 1.165) is 16.4 Å². The largest absolute Gasteiger partial charge is 0.368 e. The summed E-state index contributed by atoms with van der Waals surface area (Å²) in [6.45, 7) is 3.27. The average molecular weight is 295 g/mol. The Labute approximate surface area is 111 Å². The predicted molar refractivity (Wildman–Crippen MR) is 75.2 cm³/mol. The van der Waals surface area contributed by atoms with Gasteiger partial charge in [0.25, 0.3) is 0 Å². The lowest BCUT2D eigenvalue weighted by Crippen LogP contribution is -2.31. The molecule has 3 unspecified atom stereocenters. The van der Waals surface area contributed by atoms with Gasteiger partial charge in [0, 0.05) is 28.8 Å². The molecule has 3 heteroatoms. The molecule has 2 bridgehead atoms. The zero-order chi connectivity index (χ0) is 12.0. The lowest BCUT2D eigenvalue weighted by Gasteiger charge is -2.29. The smallest absolute Gasteiger partial charge is 0.0380 e. The van der Waals surface area contributed by atoms with Gasteiger partial charge >= 0.3 is 0 Å². The van der Waals surface area contributed by atoms with Crippen molar-refractivity contribution in [2.45, 2.75) is 38.3 Å². The molecule has 1 heterocycles. The molecule has 2 aliphatic rings. The van der Waals surface area contributed by atoms with Crippen LogP contribution in [0, 0.1) is 5.92 Å². The Balaban J connectivity index is 1.87. The lowest BCUT2D eigenvalue weighted by atomic mass is 10.1. The van der Waals surface area contributed by atoms with E-state index in [1.807, 2.05) is 6.92 Å². The summed E-state index contributed by atoms with van der Waals surface area (Å²) in [4.78, 5) is 2.57. The summed E-state index contributed by atoms with van der Waals surface area (Å²) in [5.41, 5.74) is 8.48. The molecule has 0 amide bonds. The molecule has 2 nitrogen and oxygen atoms in total. The average Bonchev–Trinajstić information content (AvgIpc) is 2.89. The van der Waals surface area contributed by atoms with Gasteiger partial charge in [0.05, 0.1) is 0 Å². The first-order valence-corrected chi connectivity index (χ1v) is 7.26. The van der Waals surface area contributed by atoms with Gasteiger partial charge in [-0.3, -0.25) is 0 Å². The maximum absolute atomic E-state index is 5.93. The standard InChI is InChI=1S/C14H19BrN2/c1-9(16)13-5-4-12(7-14(13)15)17-8-10-2-3-11(17)6-10/h4-5,7,9-11H,2-3,6,8,16H2,1H3. The summed E-state index contributed by atoms with van der Waals surface area (Å²) < 4.78 is 1.15. The number of hydrogen-bond donors (Lipinski definition) is 1. The van der Waals surface area contributed by atoms with Gasteiger partial charge in [-0.25, -0.2) is 0 Å². The van der Waals surface area contributed by atoms with Crippen LogP contribution in [0.2, 0.25) is 0 Å². The summed E-state index contributed by atoms with van der Waals surface area (Å²) in [6.07, 6.45) is 4.20. The van der Waals surface area contributed by atoms with Crippen molar-refractivity contribution >= 4 is 21.6 Å². The summed E-state index contributed by atoms with van der Waals surface area (Å²) >= 11 is 3.64. The second-order valence-corrected chi connectivity index (χ2v) is 6.33. The molecule has 17 heavy (non-hydrogen) atoms. The van der Waals surface area contributed by atoms with Gasteiger partial charge < -0.3 is 10.6 Å². The van der Waals surface area contributed by atoms with Gasteiger partial charge in [0.2, 0.25) is 0 Å². The Hall–Kier alpha value is -0.540. The molecule has 1 aromatic carbocycles. The van der Waals surface area contributed by atoms with Crippen molar-refractivity contribution in [3.63, 3.8) is 0 Å². The van der Waals surface area contributed by atoms with E-state index in [9.17, 15) is 0 Å². The quantitative estimate of drug-likeness (QED) is 0.905. The Bertz CT molecular complexity index is 430. The van der Waals surface area contributed by atoms with Crippen molar-refractivity contribution in [3.05, 3.63) is 28.2 Å². The minimum atomic E-state index is 0.0912. The van der Waals surface area contributed by atoms with Crippen LogP contribution in [0.1, 0.15) is 37.8 Å². The second kappa shape index (κ2) is 4.29. The van der Waals surface area contributed by atoms with E-state index >= 15 is 0 Å². The number of fused-ring (bicyclic) bond motifs is 2.